The molecule has 2 heterocycles. The van der Waals surface area contributed by atoms with E-state index in [0.717, 1.165) is 36.0 Å². The first-order chi connectivity index (χ1) is 13.9. The van der Waals surface area contributed by atoms with Crippen LogP contribution in [0.25, 0.3) is 0 Å². The number of benzene rings is 1. The zero-order valence-corrected chi connectivity index (χ0v) is 18.8. The predicted octanol–water partition coefficient (Wildman–Crippen LogP) is 3.02. The van der Waals surface area contributed by atoms with Gasteiger partial charge in [-0.1, -0.05) is 19.4 Å². The molecule has 1 spiro atoms. The smallest absolute Gasteiger partial charge is 0.166 e. The molecule has 2 aliphatic heterocycles. The molecule has 5 nitrogen and oxygen atoms in total. The van der Waals surface area contributed by atoms with E-state index in [4.69, 9.17) is 4.74 Å². The molecule has 2 saturated carbocycles. The van der Waals surface area contributed by atoms with Gasteiger partial charge in [-0.15, -0.1) is 0 Å². The summed E-state index contributed by atoms with van der Waals surface area (Å²) < 4.78 is 7.40. The zero-order valence-electron chi connectivity index (χ0n) is 18.8. The van der Waals surface area contributed by atoms with Gasteiger partial charge in [0.1, 0.15) is 22.8 Å². The van der Waals surface area contributed by atoms with Crippen molar-refractivity contribution in [3.05, 3.63) is 23.3 Å². The lowest BCUT2D eigenvalue weighted by Crippen LogP contribution is -2.86. The third-order valence-corrected chi connectivity index (χ3v) is 10.5. The molecule has 0 amide bonds. The summed E-state index contributed by atoms with van der Waals surface area (Å²) in [7, 11) is 2.35. The van der Waals surface area contributed by atoms with Crippen LogP contribution in [0.1, 0.15) is 70.4 Å². The van der Waals surface area contributed by atoms with Crippen molar-refractivity contribution in [2.75, 3.05) is 20.1 Å². The molecular formula is C25H36NO4+. The van der Waals surface area contributed by atoms with E-state index < -0.39 is 22.2 Å². The van der Waals surface area contributed by atoms with Crippen molar-refractivity contribution in [3.8, 4) is 11.5 Å². The Balaban J connectivity index is 1.59. The van der Waals surface area contributed by atoms with E-state index >= 15 is 0 Å². The molecule has 3 aliphatic carbocycles. The number of ether oxygens (including phenoxy) is 1. The third kappa shape index (κ3) is 1.85. The predicted molar refractivity (Wildman–Crippen MR) is 114 cm³/mol. The Hall–Kier alpha value is -1.30. The Bertz CT molecular complexity index is 955. The number of piperidine rings is 1. The van der Waals surface area contributed by atoms with Gasteiger partial charge in [0.25, 0.3) is 0 Å². The molecule has 3 fully saturated rings. The van der Waals surface area contributed by atoms with Gasteiger partial charge in [-0.2, -0.15) is 0 Å². The van der Waals surface area contributed by atoms with Gasteiger partial charge in [0.05, 0.1) is 25.6 Å². The lowest BCUT2D eigenvalue weighted by molar-refractivity contribution is -0.955. The molecule has 1 saturated heterocycles. The highest BCUT2D eigenvalue weighted by Gasteiger charge is 2.82. The number of aliphatic hydroxyl groups is 2. The van der Waals surface area contributed by atoms with Gasteiger partial charge in [-0.25, -0.2) is 0 Å². The van der Waals surface area contributed by atoms with E-state index in [1.54, 1.807) is 6.07 Å². The molecule has 30 heavy (non-hydrogen) atoms. The minimum absolute atomic E-state index is 0.0747. The van der Waals surface area contributed by atoms with E-state index in [-0.39, 0.29) is 11.8 Å². The van der Waals surface area contributed by atoms with Crippen molar-refractivity contribution in [2.24, 2.45) is 5.41 Å². The quantitative estimate of drug-likeness (QED) is 0.651. The normalized spacial score (nSPS) is 49.7. The Morgan fingerprint density at radius 2 is 1.80 bits per heavy atom. The molecule has 0 aromatic heterocycles. The maximum absolute atomic E-state index is 12.6. The van der Waals surface area contributed by atoms with Crippen LogP contribution in [0.15, 0.2) is 12.1 Å². The molecule has 164 valence electrons. The molecule has 6 atom stereocenters. The van der Waals surface area contributed by atoms with E-state index in [1.807, 2.05) is 19.9 Å². The van der Waals surface area contributed by atoms with Gasteiger partial charge in [0.2, 0.25) is 0 Å². The van der Waals surface area contributed by atoms with Crippen LogP contribution in [0.4, 0.5) is 0 Å². The first kappa shape index (κ1) is 19.4. The van der Waals surface area contributed by atoms with Crippen LogP contribution in [0.5, 0.6) is 11.5 Å². The lowest BCUT2D eigenvalue weighted by Gasteiger charge is -2.70. The molecule has 6 unspecified atom stereocenters. The fourth-order valence-electron chi connectivity index (χ4n) is 8.69. The van der Waals surface area contributed by atoms with Crippen LogP contribution in [0.2, 0.25) is 0 Å². The molecule has 5 heteroatoms. The number of nitrogens with zero attached hydrogens (tertiary/aromatic N) is 1. The molecule has 1 aromatic carbocycles. The van der Waals surface area contributed by atoms with E-state index in [1.165, 1.54) is 24.8 Å². The molecule has 6 rings (SSSR count). The monoisotopic (exact) mass is 414 g/mol. The van der Waals surface area contributed by atoms with Gasteiger partial charge in [-0.05, 0) is 51.2 Å². The van der Waals surface area contributed by atoms with Crippen LogP contribution in [0, 0.1) is 5.41 Å². The Labute approximate surface area is 179 Å². The second-order valence-corrected chi connectivity index (χ2v) is 12.2. The summed E-state index contributed by atoms with van der Waals surface area (Å²) in [5.74, 6) is 0.622. The molecule has 0 radical (unpaired) electrons. The average Bonchev–Trinajstić information content (AvgIpc) is 2.94. The summed E-state index contributed by atoms with van der Waals surface area (Å²) in [6.45, 7) is 8.31. The van der Waals surface area contributed by atoms with Crippen molar-refractivity contribution >= 4 is 0 Å². The second-order valence-electron chi connectivity index (χ2n) is 12.2. The summed E-state index contributed by atoms with van der Waals surface area (Å²) in [5, 5.41) is 34.9. The van der Waals surface area contributed by atoms with Crippen LogP contribution in [-0.2, 0) is 11.8 Å². The second kappa shape index (κ2) is 5.19. The number of phenols is 1. The first-order valence-corrected chi connectivity index (χ1v) is 11.7. The molecule has 5 aliphatic rings. The van der Waals surface area contributed by atoms with Crippen LogP contribution in [0.3, 0.4) is 0 Å². The summed E-state index contributed by atoms with van der Waals surface area (Å²) in [5.41, 5.74) is -1.16. The minimum atomic E-state index is -1.08. The molecule has 1 aromatic rings. The third-order valence-electron chi connectivity index (χ3n) is 10.5. The maximum atomic E-state index is 12.6. The van der Waals surface area contributed by atoms with Crippen molar-refractivity contribution in [1.29, 1.82) is 0 Å². The molecular weight excluding hydrogens is 378 g/mol. The number of hydrogen-bond acceptors (Lipinski definition) is 4. The number of phenolic OH excluding ortho intramolecular Hbond substituents is 1. The molecule has 3 N–H and O–H groups in total. The largest absolute Gasteiger partial charge is 0.504 e. The van der Waals surface area contributed by atoms with Gasteiger partial charge in [0.15, 0.2) is 11.5 Å². The highest BCUT2D eigenvalue weighted by molar-refractivity contribution is 5.64. The van der Waals surface area contributed by atoms with Crippen molar-refractivity contribution < 1.29 is 24.5 Å². The minimum Gasteiger partial charge on any atom is -0.504 e. The summed E-state index contributed by atoms with van der Waals surface area (Å²) >= 11 is 0. The standard InChI is InChI=1S/C25H35NO4/c1-21(8-5-9-21)15-26(4)13-12-24-19-16-6-7-17(27)20(19)30-23(24,3)22(2,28)10-11-25(24,29)18(26)14-16/h6-7,18,28-29H,5,8-15H2,1-4H3/p+1. The summed E-state index contributed by atoms with van der Waals surface area (Å²) in [6, 6.07) is 3.84. The van der Waals surface area contributed by atoms with E-state index in [0.29, 0.717) is 24.0 Å². The first-order valence-electron chi connectivity index (χ1n) is 11.7. The van der Waals surface area contributed by atoms with Gasteiger partial charge in [-0.3, -0.25) is 0 Å². The fourth-order valence-corrected chi connectivity index (χ4v) is 8.69. The van der Waals surface area contributed by atoms with Crippen molar-refractivity contribution in [2.45, 2.75) is 94.0 Å². The van der Waals surface area contributed by atoms with Crippen LogP contribution in [-0.4, -0.2) is 62.8 Å². The number of quaternary nitrogens is 1. The Morgan fingerprint density at radius 3 is 2.47 bits per heavy atom. The van der Waals surface area contributed by atoms with E-state index in [9.17, 15) is 15.3 Å². The topological polar surface area (TPSA) is 69.9 Å². The highest BCUT2D eigenvalue weighted by atomic mass is 16.5. The number of hydrogen-bond donors (Lipinski definition) is 3. The zero-order chi connectivity index (χ0) is 21.4. The fraction of sp³-hybridized carbons (Fsp3) is 0.760. The van der Waals surface area contributed by atoms with Gasteiger partial charge < -0.3 is 24.5 Å². The van der Waals surface area contributed by atoms with Crippen molar-refractivity contribution in [3.63, 3.8) is 0 Å². The van der Waals surface area contributed by atoms with Crippen molar-refractivity contribution in [1.82, 2.24) is 0 Å². The van der Waals surface area contributed by atoms with Gasteiger partial charge in [0, 0.05) is 23.8 Å². The highest BCUT2D eigenvalue weighted by Crippen LogP contribution is 2.71. The van der Waals surface area contributed by atoms with Gasteiger partial charge >= 0.3 is 0 Å². The van der Waals surface area contributed by atoms with Crippen LogP contribution >= 0.6 is 0 Å². The summed E-state index contributed by atoms with van der Waals surface area (Å²) in [4.78, 5) is 0. The Kier molecular flexibility index (Phi) is 3.35. The number of likely N-dealkylation sites (N-methyl/N-ethyl adjacent to an activating group) is 1. The Morgan fingerprint density at radius 1 is 1.07 bits per heavy atom. The molecule has 2 bridgehead atoms. The average molecular weight is 415 g/mol. The summed E-state index contributed by atoms with van der Waals surface area (Å²) in [6.07, 6.45) is 6.51. The SMILES string of the molecule is CC1(C[N+]2(C)CCC34c5c6ccc(O)c5OC3(C)C(C)(O)CCC4(O)C2C6)CCC1. The lowest BCUT2D eigenvalue weighted by atomic mass is 9.42. The van der Waals surface area contributed by atoms with E-state index in [2.05, 4.69) is 14.0 Å². The van der Waals surface area contributed by atoms with Crippen LogP contribution < -0.4 is 4.74 Å². The number of likely N-dealkylation sites (tertiary alicyclic amines) is 1. The maximum Gasteiger partial charge on any atom is 0.166 e. The number of aromatic hydroxyl groups is 1. The number of rotatable bonds is 2.